The van der Waals surface area contributed by atoms with E-state index in [0.29, 0.717) is 17.4 Å². The summed E-state index contributed by atoms with van der Waals surface area (Å²) in [4.78, 5) is 22.9. The number of hydrogen-bond acceptors (Lipinski definition) is 3. The number of carbonyl (C=O) groups is 1. The highest BCUT2D eigenvalue weighted by molar-refractivity contribution is 5.86. The van der Waals surface area contributed by atoms with E-state index in [-0.39, 0.29) is 5.92 Å². The number of carbonyl (C=O) groups excluding carboxylic acids is 1. The lowest BCUT2D eigenvalue weighted by Gasteiger charge is -2.18. The van der Waals surface area contributed by atoms with Crippen LogP contribution in [0.25, 0.3) is 44.5 Å². The van der Waals surface area contributed by atoms with Gasteiger partial charge < -0.3 is 14.5 Å². The minimum Gasteiger partial charge on any atom is -0.361 e. The Morgan fingerprint density at radius 1 is 0.973 bits per heavy atom. The molecule has 2 aliphatic rings. The predicted octanol–water partition coefficient (Wildman–Crippen LogP) is 5.98. The zero-order valence-corrected chi connectivity index (χ0v) is 20.5. The number of aromatic amines is 1. The summed E-state index contributed by atoms with van der Waals surface area (Å²) in [5, 5.41) is 10.6. The molecule has 37 heavy (non-hydrogen) atoms. The second-order valence-electron chi connectivity index (χ2n) is 10.4. The number of H-pyrrole nitrogens is 1. The molecule has 1 aliphatic carbocycles. The second-order valence-corrected chi connectivity index (χ2v) is 10.4. The van der Waals surface area contributed by atoms with E-state index in [1.165, 1.54) is 10.9 Å². The van der Waals surface area contributed by atoms with Gasteiger partial charge in [0.25, 0.3) is 0 Å². The fraction of sp³-hybridized carbons (Fsp3) is 0.258. The van der Waals surface area contributed by atoms with Crippen LogP contribution in [0.15, 0.2) is 72.9 Å². The van der Waals surface area contributed by atoms with E-state index in [0.717, 1.165) is 72.4 Å². The maximum Gasteiger partial charge on any atom is 0.225 e. The standard InChI is InChI=1S/C31H27N5O/c32-17-20-1-10-29-28(15-20)34-30(36(29)19-21-12-14-35(18-21)31(37)24-6-7-24)23-4-2-22(3-5-23)25-8-9-27-26(16-25)11-13-33-27/h1-5,8-11,13,15-16,21,24,33H,6-7,12,14,18-19H2. The Labute approximate surface area is 215 Å². The van der Waals surface area contributed by atoms with Crippen molar-refractivity contribution < 1.29 is 4.79 Å². The predicted molar refractivity (Wildman–Crippen MR) is 145 cm³/mol. The van der Waals surface area contributed by atoms with Crippen LogP contribution in [0.1, 0.15) is 24.8 Å². The summed E-state index contributed by atoms with van der Waals surface area (Å²) in [6, 6.07) is 25.1. The number of nitrogens with zero attached hydrogens (tertiary/aromatic N) is 4. The fourth-order valence-electron chi connectivity index (χ4n) is 5.68. The first-order valence-electron chi connectivity index (χ1n) is 13.0. The number of imidazole rings is 1. The molecule has 2 aromatic heterocycles. The highest BCUT2D eigenvalue weighted by Gasteiger charge is 2.36. The summed E-state index contributed by atoms with van der Waals surface area (Å²) < 4.78 is 2.28. The number of nitriles is 1. The van der Waals surface area contributed by atoms with E-state index in [9.17, 15) is 10.1 Å². The van der Waals surface area contributed by atoms with Crippen LogP contribution in [-0.4, -0.2) is 38.4 Å². The maximum absolute atomic E-state index is 12.6. The van der Waals surface area contributed by atoms with Crippen molar-refractivity contribution in [2.45, 2.75) is 25.8 Å². The molecule has 1 saturated heterocycles. The van der Waals surface area contributed by atoms with Crippen molar-refractivity contribution in [3.8, 4) is 28.6 Å². The lowest BCUT2D eigenvalue weighted by atomic mass is 10.0. The number of fused-ring (bicyclic) bond motifs is 2. The monoisotopic (exact) mass is 485 g/mol. The van der Waals surface area contributed by atoms with E-state index in [1.54, 1.807) is 0 Å². The Morgan fingerprint density at radius 3 is 2.59 bits per heavy atom. The highest BCUT2D eigenvalue weighted by atomic mass is 16.2. The Hall–Kier alpha value is -4.37. The minimum absolute atomic E-state index is 0.268. The smallest absolute Gasteiger partial charge is 0.225 e. The summed E-state index contributed by atoms with van der Waals surface area (Å²) in [6.07, 6.45) is 5.07. The number of hydrogen-bond donors (Lipinski definition) is 1. The molecule has 1 atom stereocenters. The molecule has 0 bridgehead atoms. The van der Waals surface area contributed by atoms with Crippen molar-refractivity contribution in [3.63, 3.8) is 0 Å². The molecule has 5 aromatic rings. The third kappa shape index (κ3) is 3.97. The Balaban J connectivity index is 1.22. The summed E-state index contributed by atoms with van der Waals surface area (Å²) in [5.41, 5.74) is 6.99. The Kier molecular flexibility index (Phi) is 5.10. The lowest BCUT2D eigenvalue weighted by molar-refractivity contribution is -0.131. The molecule has 1 aliphatic heterocycles. The van der Waals surface area contributed by atoms with Crippen molar-refractivity contribution in [1.82, 2.24) is 19.4 Å². The molecule has 7 rings (SSSR count). The van der Waals surface area contributed by atoms with E-state index < -0.39 is 0 Å². The average Bonchev–Trinajstić information content (AvgIpc) is 3.33. The van der Waals surface area contributed by atoms with Gasteiger partial charge in [0.15, 0.2) is 0 Å². The normalized spacial score (nSPS) is 17.5. The third-order valence-corrected chi connectivity index (χ3v) is 7.87. The molecule has 1 saturated carbocycles. The average molecular weight is 486 g/mol. The minimum atomic E-state index is 0.268. The van der Waals surface area contributed by atoms with Gasteiger partial charge in [0.1, 0.15) is 5.82 Å². The molecular formula is C31H27N5O. The van der Waals surface area contributed by atoms with Gasteiger partial charge in [0.2, 0.25) is 5.91 Å². The fourth-order valence-corrected chi connectivity index (χ4v) is 5.68. The van der Waals surface area contributed by atoms with Gasteiger partial charge in [-0.1, -0.05) is 30.3 Å². The summed E-state index contributed by atoms with van der Waals surface area (Å²) in [6.45, 7) is 2.46. The largest absolute Gasteiger partial charge is 0.361 e. The van der Waals surface area contributed by atoms with Gasteiger partial charge in [-0.05, 0) is 78.1 Å². The quantitative estimate of drug-likeness (QED) is 0.333. The lowest BCUT2D eigenvalue weighted by Crippen LogP contribution is -2.30. The first kappa shape index (κ1) is 21.9. The van der Waals surface area contributed by atoms with Crippen LogP contribution in [-0.2, 0) is 11.3 Å². The van der Waals surface area contributed by atoms with Crippen molar-refractivity contribution in [2.24, 2.45) is 11.8 Å². The van der Waals surface area contributed by atoms with Crippen LogP contribution in [0, 0.1) is 23.2 Å². The Morgan fingerprint density at radius 2 is 1.78 bits per heavy atom. The van der Waals surface area contributed by atoms with Crippen LogP contribution in [0.5, 0.6) is 0 Å². The number of aromatic nitrogens is 3. The molecule has 1 unspecified atom stereocenters. The molecule has 2 fully saturated rings. The summed E-state index contributed by atoms with van der Waals surface area (Å²) in [5.74, 6) is 1.90. The van der Waals surface area contributed by atoms with E-state index in [1.807, 2.05) is 24.4 Å². The topological polar surface area (TPSA) is 77.7 Å². The maximum atomic E-state index is 12.6. The second kappa shape index (κ2) is 8.63. The Bertz CT molecular complexity index is 1680. The van der Waals surface area contributed by atoms with Crippen molar-refractivity contribution >= 4 is 27.8 Å². The molecule has 182 valence electrons. The molecule has 3 heterocycles. The van der Waals surface area contributed by atoms with Crippen LogP contribution < -0.4 is 0 Å². The van der Waals surface area contributed by atoms with Crippen LogP contribution in [0.3, 0.4) is 0 Å². The van der Waals surface area contributed by atoms with Crippen molar-refractivity contribution in [1.29, 1.82) is 5.26 Å². The van der Waals surface area contributed by atoms with Crippen LogP contribution in [0.2, 0.25) is 0 Å². The first-order valence-corrected chi connectivity index (χ1v) is 13.0. The van der Waals surface area contributed by atoms with Gasteiger partial charge in [-0.3, -0.25) is 4.79 Å². The van der Waals surface area contributed by atoms with Crippen molar-refractivity contribution in [2.75, 3.05) is 13.1 Å². The molecule has 6 nitrogen and oxygen atoms in total. The number of amides is 1. The van der Waals surface area contributed by atoms with Crippen LogP contribution in [0.4, 0.5) is 0 Å². The van der Waals surface area contributed by atoms with Gasteiger partial charge in [-0.2, -0.15) is 5.26 Å². The third-order valence-electron chi connectivity index (χ3n) is 7.87. The first-order chi connectivity index (χ1) is 18.2. The summed E-state index contributed by atoms with van der Waals surface area (Å²) in [7, 11) is 0. The SMILES string of the molecule is N#Cc1ccc2c(c1)nc(-c1ccc(-c3ccc4[nH]ccc4c3)cc1)n2CC1CCN(C(=O)C2CC2)C1. The highest BCUT2D eigenvalue weighted by Crippen LogP contribution is 2.34. The van der Waals surface area contributed by atoms with Gasteiger partial charge >= 0.3 is 0 Å². The molecule has 3 aromatic carbocycles. The molecule has 0 spiro atoms. The zero-order valence-electron chi connectivity index (χ0n) is 20.5. The molecule has 0 radical (unpaired) electrons. The van der Waals surface area contributed by atoms with Crippen LogP contribution >= 0.6 is 0 Å². The van der Waals surface area contributed by atoms with Gasteiger partial charge in [-0.25, -0.2) is 4.98 Å². The van der Waals surface area contributed by atoms with Gasteiger partial charge in [0.05, 0.1) is 22.7 Å². The van der Waals surface area contributed by atoms with Gasteiger partial charge in [-0.15, -0.1) is 0 Å². The van der Waals surface area contributed by atoms with E-state index >= 15 is 0 Å². The summed E-state index contributed by atoms with van der Waals surface area (Å²) >= 11 is 0. The van der Waals surface area contributed by atoms with Gasteiger partial charge in [0, 0.05) is 42.8 Å². The number of nitrogens with one attached hydrogen (secondary N) is 1. The molecule has 1 N–H and O–H groups in total. The molecule has 6 heteroatoms. The zero-order chi connectivity index (χ0) is 24.9. The van der Waals surface area contributed by atoms with Crippen molar-refractivity contribution in [3.05, 3.63) is 78.5 Å². The number of benzene rings is 3. The number of likely N-dealkylation sites (tertiary alicyclic amines) is 1. The molecule has 1 amide bonds. The number of rotatable bonds is 5. The van der Waals surface area contributed by atoms with E-state index in [2.05, 4.69) is 69.1 Å². The molecular weight excluding hydrogens is 458 g/mol. The van der Waals surface area contributed by atoms with E-state index in [4.69, 9.17) is 4.98 Å².